The molecule has 14 N–H and O–H groups in total. The van der Waals surface area contributed by atoms with E-state index in [0.29, 0.717) is 19.3 Å². The Morgan fingerprint density at radius 3 is 1.98 bits per heavy atom. The minimum absolute atomic E-state index is 0. The van der Waals surface area contributed by atoms with E-state index in [0.717, 1.165) is 0 Å². The zero-order valence-electron chi connectivity index (χ0n) is 29.6. The predicted octanol–water partition coefficient (Wildman–Crippen LogP) is -5.40. The van der Waals surface area contributed by atoms with Crippen LogP contribution in [0.25, 0.3) is 5.73 Å². The fourth-order valence-corrected chi connectivity index (χ4v) is 6.84. The molecule has 53 heavy (non-hydrogen) atoms. The van der Waals surface area contributed by atoms with Gasteiger partial charge in [0.2, 0.25) is 5.91 Å². The summed E-state index contributed by atoms with van der Waals surface area (Å²) in [5.41, 5.74) is 11.1. The number of hydrogen-bond donors (Lipinski definition) is 12. The Hall–Kier alpha value is 0.152. The van der Waals surface area contributed by atoms with Crippen molar-refractivity contribution in [1.82, 2.24) is 5.43 Å². The molecule has 0 aromatic rings. The van der Waals surface area contributed by atoms with E-state index in [-0.39, 0.29) is 69.4 Å². The molecule has 12 unspecified atom stereocenters. The molecule has 0 bridgehead atoms. The summed E-state index contributed by atoms with van der Waals surface area (Å²) >= 11 is 0. The second kappa shape index (κ2) is 21.8. The molecule has 4 aliphatic rings. The molecule has 0 aromatic heterocycles. The summed E-state index contributed by atoms with van der Waals surface area (Å²) in [4.78, 5) is 11.3. The normalized spacial score (nSPS) is 46.4. The van der Waals surface area contributed by atoms with Gasteiger partial charge in [-0.05, 0) is 33.1 Å². The molecule has 21 nitrogen and oxygen atoms in total. The first-order chi connectivity index (χ1) is 24.6. The van der Waals surface area contributed by atoms with Crippen LogP contribution in [0, 0.1) is 50.0 Å². The molecular formula is C31H56AcN3O18-. The quantitative estimate of drug-likeness (QED) is 0.0315. The second-order valence-electron chi connectivity index (χ2n) is 13.9. The second-order valence-corrected chi connectivity index (χ2v) is 13.9. The number of hydrazine groups is 1. The van der Waals surface area contributed by atoms with Crippen LogP contribution in [0.3, 0.4) is 0 Å². The van der Waals surface area contributed by atoms with Gasteiger partial charge < -0.3 is 90.0 Å². The average molecular weight is 986 g/mol. The van der Waals surface area contributed by atoms with Crippen LogP contribution in [0.5, 0.6) is 0 Å². The summed E-state index contributed by atoms with van der Waals surface area (Å²) in [5.74, 6) is 3.81. The summed E-state index contributed by atoms with van der Waals surface area (Å²) in [6.45, 7) is 1.66. The zero-order valence-corrected chi connectivity index (χ0v) is 34.3. The number of hydrogen-bond acceptors (Lipinski definition) is 19. The molecule has 1 saturated carbocycles. The van der Waals surface area contributed by atoms with Gasteiger partial charge in [-0.3, -0.25) is 10.2 Å². The molecule has 4 fully saturated rings. The van der Waals surface area contributed by atoms with Crippen molar-refractivity contribution in [1.29, 1.82) is 0 Å². The predicted molar refractivity (Wildman–Crippen MR) is 171 cm³/mol. The van der Waals surface area contributed by atoms with Crippen LogP contribution in [-0.2, 0) is 38.0 Å². The topological polar surface area (TPSA) is 346 Å². The maximum absolute atomic E-state index is 11.3. The van der Waals surface area contributed by atoms with E-state index in [2.05, 4.69) is 0 Å². The van der Waals surface area contributed by atoms with Crippen LogP contribution in [0.2, 0.25) is 0 Å². The first-order valence-corrected chi connectivity index (χ1v) is 17.6. The van der Waals surface area contributed by atoms with Gasteiger partial charge in [-0.2, -0.15) is 0 Å². The van der Waals surface area contributed by atoms with Gasteiger partial charge in [-0.15, -0.1) is 0 Å². The smallest absolute Gasteiger partial charge is 0.233 e. The van der Waals surface area contributed by atoms with Gasteiger partial charge in [0.25, 0.3) is 0 Å². The van der Waals surface area contributed by atoms with E-state index in [1.54, 1.807) is 0 Å². The van der Waals surface area contributed by atoms with Crippen molar-refractivity contribution in [2.75, 3.05) is 19.8 Å². The molecular weight excluding hydrogens is 929 g/mol. The Kier molecular flexibility index (Phi) is 19.5. The van der Waals surface area contributed by atoms with Crippen molar-refractivity contribution in [2.45, 2.75) is 162 Å². The van der Waals surface area contributed by atoms with Crippen LogP contribution in [-0.4, -0.2) is 193 Å². The Morgan fingerprint density at radius 1 is 0.698 bits per heavy atom. The van der Waals surface area contributed by atoms with Crippen molar-refractivity contribution < 1.29 is 133 Å². The van der Waals surface area contributed by atoms with Crippen molar-refractivity contribution in [3.8, 4) is 0 Å². The standard InChI is InChI=1S/C31H56N3O18.Ac/c1-11-18(38)22(42)24(44)30(48-11)52-28-23(43)21(41)15(10-36)50-31(28)51-26-17(32)14(8-13(9-35)20(26)40)49-27-19(39)12(2)47-29(25(27)45)46-7-5-3-4-6-16(37)34-33;/h11-15,17-32,35-36,38-45H,3-10,33H2,1-2H3,(H,34,37);/q-1;/t11?,12?,13?,14-,15?,17?,18-,19-,20+,21-,22?,23?,24?,25?,26?,27?,28?,29+,30-,31-;/m0./s1. The van der Waals surface area contributed by atoms with Crippen LogP contribution in [0.4, 0.5) is 0 Å². The van der Waals surface area contributed by atoms with Gasteiger partial charge in [-0.1, -0.05) is 12.5 Å². The Labute approximate surface area is 342 Å². The first kappa shape index (κ1) is 47.5. The van der Waals surface area contributed by atoms with E-state index in [1.165, 1.54) is 13.8 Å². The Bertz CT molecular complexity index is 1110. The number of nitrogens with one attached hydrogen (secondary N) is 2. The molecule has 307 valence electrons. The van der Waals surface area contributed by atoms with E-state index < -0.39 is 136 Å². The summed E-state index contributed by atoms with van der Waals surface area (Å²) in [6, 6.07) is -1.50. The number of aliphatic hydroxyl groups excluding tert-OH is 10. The first-order valence-electron chi connectivity index (χ1n) is 17.6. The van der Waals surface area contributed by atoms with Crippen LogP contribution in [0.1, 0.15) is 46.0 Å². The van der Waals surface area contributed by atoms with Crippen molar-refractivity contribution in [3.05, 3.63) is 5.73 Å². The van der Waals surface area contributed by atoms with Gasteiger partial charge in [-0.25, -0.2) is 5.84 Å². The van der Waals surface area contributed by atoms with Gasteiger partial charge >= 0.3 is 0 Å². The molecule has 20 atom stereocenters. The summed E-state index contributed by atoms with van der Waals surface area (Å²) in [6.07, 6.45) is -25.2. The molecule has 3 heterocycles. The minimum Gasteiger partial charge on any atom is -0.670 e. The van der Waals surface area contributed by atoms with Gasteiger partial charge in [0.1, 0.15) is 61.0 Å². The maximum Gasteiger partial charge on any atom is 0.233 e. The number of unbranched alkanes of at least 4 members (excludes halogenated alkanes) is 2. The monoisotopic (exact) mass is 985 g/mol. The fourth-order valence-electron chi connectivity index (χ4n) is 6.84. The van der Waals surface area contributed by atoms with Crippen molar-refractivity contribution in [3.63, 3.8) is 0 Å². The number of carbonyl (C=O) groups is 1. The molecule has 22 heteroatoms. The SMILES string of the molecule is CC1O[C@@H](OC2C(O)[C@@H](O)C(CO)O[C@H]2OC2C([NH-])[C@@H](OC3C(O)[C@H](OCCCCCC(=O)NN)OC(C)[C@@H]3O)CC(CO)[C@H]2O)C(O)C(O)[C@H]1O.[Ac]. The summed E-state index contributed by atoms with van der Waals surface area (Å²) in [7, 11) is 0. The zero-order chi connectivity index (χ0) is 38.4. The van der Waals surface area contributed by atoms with E-state index in [1.807, 2.05) is 5.43 Å². The van der Waals surface area contributed by atoms with Gasteiger partial charge in [0, 0.05) is 75.7 Å². The Balaban J connectivity index is 0.00000756. The van der Waals surface area contributed by atoms with E-state index >= 15 is 0 Å². The van der Waals surface area contributed by atoms with Crippen molar-refractivity contribution in [2.24, 2.45) is 11.8 Å². The maximum atomic E-state index is 11.3. The van der Waals surface area contributed by atoms with Crippen molar-refractivity contribution >= 4 is 5.91 Å². The molecule has 4 rings (SSSR count). The number of amides is 1. The van der Waals surface area contributed by atoms with Crippen LogP contribution >= 0.6 is 0 Å². The van der Waals surface area contributed by atoms with Gasteiger partial charge in [0.05, 0.1) is 31.0 Å². The fraction of sp³-hybridized carbons (Fsp3) is 0.968. The molecule has 1 amide bonds. The number of ether oxygens (including phenoxy) is 7. The number of rotatable bonds is 15. The third-order valence-electron chi connectivity index (χ3n) is 10.2. The minimum atomic E-state index is -1.87. The molecule has 1 radical (unpaired) electrons. The van der Waals surface area contributed by atoms with E-state index in [9.17, 15) is 55.9 Å². The van der Waals surface area contributed by atoms with Crippen LogP contribution < -0.4 is 11.3 Å². The number of nitrogens with two attached hydrogens (primary N) is 1. The van der Waals surface area contributed by atoms with E-state index in [4.69, 9.17) is 44.7 Å². The summed E-state index contributed by atoms with van der Waals surface area (Å²) < 4.78 is 40.4. The third-order valence-corrected chi connectivity index (χ3v) is 10.2. The molecule has 0 spiro atoms. The molecule has 3 saturated heterocycles. The van der Waals surface area contributed by atoms with Crippen LogP contribution in [0.15, 0.2) is 0 Å². The summed E-state index contributed by atoms with van der Waals surface area (Å²) in [5, 5.41) is 106. The molecule has 3 aliphatic heterocycles. The average Bonchev–Trinajstić information content (AvgIpc) is 3.13. The molecule has 1 aliphatic carbocycles. The number of carbonyl (C=O) groups excluding carboxylic acids is 1. The Morgan fingerprint density at radius 2 is 1.34 bits per heavy atom. The molecule has 0 aromatic carbocycles. The number of aliphatic hydroxyl groups is 10. The van der Waals surface area contributed by atoms with Gasteiger partial charge in [0.15, 0.2) is 18.9 Å². The largest absolute Gasteiger partial charge is 0.670 e. The third kappa shape index (κ3) is 11.4.